The molecule has 0 bridgehead atoms. The molecule has 1 fully saturated rings. The lowest BCUT2D eigenvalue weighted by Gasteiger charge is -2.43. The maximum Gasteiger partial charge on any atom is 0.189 e. The molecule has 3 aromatic heterocycles. The van der Waals surface area contributed by atoms with Crippen LogP contribution in [0.2, 0.25) is 5.15 Å². The van der Waals surface area contributed by atoms with Crippen LogP contribution in [0.4, 0.5) is 5.82 Å². The van der Waals surface area contributed by atoms with Gasteiger partial charge in [0.2, 0.25) is 0 Å². The maximum atomic E-state index is 14.0. The zero-order valence-corrected chi connectivity index (χ0v) is 18.8. The summed E-state index contributed by atoms with van der Waals surface area (Å²) in [6, 6.07) is 7.78. The lowest BCUT2D eigenvalue weighted by molar-refractivity contribution is -0.907. The molecule has 2 aliphatic rings. The van der Waals surface area contributed by atoms with Crippen LogP contribution in [0.25, 0.3) is 11.3 Å². The SMILES string of the molecule is CSc1ncc2c(n1)N1CCC[C@H]1C[N+]([O-])(Cc1ccc(-c3ccc(Cl)nc3)nc1)C2. The number of anilines is 1. The highest BCUT2D eigenvalue weighted by molar-refractivity contribution is 7.98. The van der Waals surface area contributed by atoms with Gasteiger partial charge in [-0.05, 0) is 43.4 Å². The van der Waals surface area contributed by atoms with Gasteiger partial charge in [0.25, 0.3) is 0 Å². The number of hydroxylamine groups is 3. The summed E-state index contributed by atoms with van der Waals surface area (Å²) >= 11 is 7.40. The van der Waals surface area contributed by atoms with Gasteiger partial charge in [-0.15, -0.1) is 0 Å². The second-order valence-electron chi connectivity index (χ2n) is 8.17. The van der Waals surface area contributed by atoms with Gasteiger partial charge in [0.05, 0.1) is 23.8 Å². The summed E-state index contributed by atoms with van der Waals surface area (Å²) in [6.45, 7) is 2.25. The Labute approximate surface area is 190 Å². The van der Waals surface area contributed by atoms with Crippen molar-refractivity contribution in [1.29, 1.82) is 0 Å². The maximum absolute atomic E-state index is 14.0. The Morgan fingerprint density at radius 3 is 2.81 bits per heavy atom. The lowest BCUT2D eigenvalue weighted by Crippen LogP contribution is -2.47. The van der Waals surface area contributed by atoms with Crippen molar-refractivity contribution >= 4 is 29.2 Å². The van der Waals surface area contributed by atoms with Gasteiger partial charge >= 0.3 is 0 Å². The number of halogens is 1. The normalized spacial score (nSPS) is 22.7. The van der Waals surface area contributed by atoms with Crippen LogP contribution in [0.1, 0.15) is 24.0 Å². The molecular weight excluding hydrogens is 432 g/mol. The summed E-state index contributed by atoms with van der Waals surface area (Å²) in [7, 11) is 0. The van der Waals surface area contributed by atoms with E-state index in [9.17, 15) is 5.21 Å². The first-order valence-electron chi connectivity index (χ1n) is 10.3. The Morgan fingerprint density at radius 2 is 2.06 bits per heavy atom. The van der Waals surface area contributed by atoms with Crippen molar-refractivity contribution in [3.63, 3.8) is 0 Å². The minimum Gasteiger partial charge on any atom is -0.632 e. The summed E-state index contributed by atoms with van der Waals surface area (Å²) in [4.78, 5) is 20.2. The number of quaternary nitrogens is 1. The van der Waals surface area contributed by atoms with Crippen LogP contribution < -0.4 is 4.90 Å². The molecule has 160 valence electrons. The number of fused-ring (bicyclic) bond motifs is 3. The van der Waals surface area contributed by atoms with E-state index in [2.05, 4.69) is 19.9 Å². The number of hydrogen-bond acceptors (Lipinski definition) is 7. The van der Waals surface area contributed by atoms with Crippen molar-refractivity contribution in [1.82, 2.24) is 19.9 Å². The van der Waals surface area contributed by atoms with Gasteiger partial charge < -0.3 is 14.8 Å². The molecule has 9 heteroatoms. The second kappa shape index (κ2) is 8.35. The molecule has 7 nitrogen and oxygen atoms in total. The molecule has 0 N–H and O–H groups in total. The van der Waals surface area contributed by atoms with Gasteiger partial charge in [-0.2, -0.15) is 0 Å². The first-order chi connectivity index (χ1) is 15.0. The number of hydrogen-bond donors (Lipinski definition) is 0. The zero-order chi connectivity index (χ0) is 21.4. The number of thioether (sulfide) groups is 1. The molecule has 1 saturated heterocycles. The van der Waals surface area contributed by atoms with Crippen molar-refractivity contribution < 1.29 is 4.65 Å². The number of aromatic nitrogens is 4. The van der Waals surface area contributed by atoms with E-state index in [1.165, 1.54) is 11.8 Å². The van der Waals surface area contributed by atoms with Crippen molar-refractivity contribution in [3.05, 3.63) is 64.3 Å². The summed E-state index contributed by atoms with van der Waals surface area (Å²) in [5.41, 5.74) is 3.57. The Morgan fingerprint density at radius 1 is 1.16 bits per heavy atom. The predicted octanol–water partition coefficient (Wildman–Crippen LogP) is 4.31. The fourth-order valence-electron chi connectivity index (χ4n) is 4.57. The van der Waals surface area contributed by atoms with Gasteiger partial charge in [0.15, 0.2) is 5.16 Å². The number of nitrogens with zero attached hydrogens (tertiary/aromatic N) is 6. The van der Waals surface area contributed by atoms with Crippen molar-refractivity contribution in [2.45, 2.75) is 37.1 Å². The van der Waals surface area contributed by atoms with E-state index in [1.807, 2.05) is 30.7 Å². The van der Waals surface area contributed by atoms with Gasteiger partial charge in [-0.3, -0.25) is 4.98 Å². The fraction of sp³-hybridized carbons (Fsp3) is 0.364. The van der Waals surface area contributed by atoms with Gasteiger partial charge in [-0.1, -0.05) is 23.4 Å². The third kappa shape index (κ3) is 4.25. The van der Waals surface area contributed by atoms with E-state index in [0.29, 0.717) is 24.8 Å². The molecule has 2 aliphatic heterocycles. The molecule has 0 aliphatic carbocycles. The van der Waals surface area contributed by atoms with Gasteiger partial charge in [-0.25, -0.2) is 15.0 Å². The Hall–Kier alpha value is -2.26. The third-order valence-corrected chi connectivity index (χ3v) is 6.76. The molecule has 3 aromatic rings. The largest absolute Gasteiger partial charge is 0.632 e. The Balaban J connectivity index is 1.41. The molecule has 0 spiro atoms. The highest BCUT2D eigenvalue weighted by Crippen LogP contribution is 2.36. The number of pyridine rings is 2. The molecule has 2 atom stereocenters. The van der Waals surface area contributed by atoms with Crippen LogP contribution >= 0.6 is 23.4 Å². The molecule has 1 unspecified atom stereocenters. The minimum absolute atomic E-state index is 0.218. The molecule has 0 saturated carbocycles. The molecule has 5 heterocycles. The summed E-state index contributed by atoms with van der Waals surface area (Å²) in [5.74, 6) is 0.946. The molecule has 0 aromatic carbocycles. The zero-order valence-electron chi connectivity index (χ0n) is 17.2. The quantitative estimate of drug-likeness (QED) is 0.191. The Kier molecular flexibility index (Phi) is 5.56. The molecule has 31 heavy (non-hydrogen) atoms. The smallest absolute Gasteiger partial charge is 0.189 e. The van der Waals surface area contributed by atoms with E-state index in [1.54, 1.807) is 18.5 Å². The lowest BCUT2D eigenvalue weighted by atomic mass is 10.1. The molecule has 5 rings (SSSR count). The van der Waals surface area contributed by atoms with Crippen molar-refractivity contribution in [2.75, 3.05) is 24.2 Å². The van der Waals surface area contributed by atoms with Crippen LogP contribution in [0.5, 0.6) is 0 Å². The summed E-state index contributed by atoms with van der Waals surface area (Å²) in [5, 5.41) is 15.2. The van der Waals surface area contributed by atoms with Gasteiger partial charge in [0.1, 0.15) is 24.1 Å². The van der Waals surface area contributed by atoms with Crippen LogP contribution in [0.15, 0.2) is 48.0 Å². The predicted molar refractivity (Wildman–Crippen MR) is 123 cm³/mol. The average Bonchev–Trinajstić information content (AvgIpc) is 3.18. The molecule has 0 amide bonds. The van der Waals surface area contributed by atoms with E-state index < -0.39 is 0 Å². The number of rotatable bonds is 4. The summed E-state index contributed by atoms with van der Waals surface area (Å²) in [6.07, 6.45) is 9.44. The first-order valence-corrected chi connectivity index (χ1v) is 11.9. The first kappa shape index (κ1) is 20.6. The van der Waals surface area contributed by atoms with Crippen LogP contribution in [0.3, 0.4) is 0 Å². The topological polar surface area (TPSA) is 77.9 Å². The Bertz CT molecular complexity index is 1080. The van der Waals surface area contributed by atoms with E-state index in [0.717, 1.165) is 52.7 Å². The monoisotopic (exact) mass is 454 g/mol. The summed E-state index contributed by atoms with van der Waals surface area (Å²) < 4.78 is -0.320. The second-order valence-corrected chi connectivity index (χ2v) is 9.33. The van der Waals surface area contributed by atoms with Crippen molar-refractivity contribution in [3.8, 4) is 11.3 Å². The van der Waals surface area contributed by atoms with Crippen LogP contribution in [-0.2, 0) is 13.1 Å². The highest BCUT2D eigenvalue weighted by atomic mass is 35.5. The van der Waals surface area contributed by atoms with E-state index in [4.69, 9.17) is 16.6 Å². The highest BCUT2D eigenvalue weighted by Gasteiger charge is 2.38. The average molecular weight is 455 g/mol. The molecule has 0 radical (unpaired) electrons. The fourth-order valence-corrected chi connectivity index (χ4v) is 5.02. The van der Waals surface area contributed by atoms with E-state index >= 15 is 0 Å². The molecular formula is C22H23ClN6OS. The minimum atomic E-state index is -0.320. The van der Waals surface area contributed by atoms with Crippen LogP contribution in [-0.4, -0.2) is 50.0 Å². The van der Waals surface area contributed by atoms with E-state index in [-0.39, 0.29) is 10.7 Å². The third-order valence-electron chi connectivity index (χ3n) is 5.97. The van der Waals surface area contributed by atoms with Crippen molar-refractivity contribution in [2.24, 2.45) is 0 Å². The standard InChI is InChI=1S/C22H23ClN6OS/c1-31-22-26-11-17-13-29(30,14-18-3-2-8-28(18)21(17)27-22)12-15-4-6-19(24-9-15)16-5-7-20(23)25-10-16/h4-7,9-11,18H,2-3,8,12-14H2,1H3/t18-,29?/m0/s1. The van der Waals surface area contributed by atoms with Gasteiger partial charge in [0, 0.05) is 36.3 Å². The van der Waals surface area contributed by atoms with Crippen LogP contribution in [0, 0.1) is 5.21 Å².